The van der Waals surface area contributed by atoms with Crippen molar-refractivity contribution in [1.29, 1.82) is 0 Å². The van der Waals surface area contributed by atoms with E-state index in [9.17, 15) is 9.59 Å². The number of rotatable bonds is 4. The Bertz CT molecular complexity index is 687. The molecule has 3 rings (SSSR count). The molecular weight excluding hydrogens is 248 g/mol. The first-order valence-electron chi connectivity index (χ1n) is 6.09. The molecule has 1 aromatic carbocycles. The van der Waals surface area contributed by atoms with Gasteiger partial charge in [0, 0.05) is 12.6 Å². The summed E-state index contributed by atoms with van der Waals surface area (Å²) in [7, 11) is 1.91. The Labute approximate surface area is 108 Å². The van der Waals surface area contributed by atoms with E-state index >= 15 is 0 Å². The zero-order chi connectivity index (χ0) is 13.6. The van der Waals surface area contributed by atoms with Gasteiger partial charge in [-0.05, 0) is 31.2 Å². The van der Waals surface area contributed by atoms with Gasteiger partial charge in [-0.15, -0.1) is 0 Å². The van der Waals surface area contributed by atoms with E-state index in [1.54, 1.807) is 6.07 Å². The normalized spacial score (nSPS) is 22.0. The third-order valence-electron chi connectivity index (χ3n) is 3.56. The summed E-state index contributed by atoms with van der Waals surface area (Å²) in [5.41, 5.74) is 2.20. The van der Waals surface area contributed by atoms with Crippen LogP contribution < -0.4 is 5.76 Å². The molecule has 1 fully saturated rings. The van der Waals surface area contributed by atoms with Crippen LogP contribution in [0.3, 0.4) is 0 Å². The second-order valence-electron chi connectivity index (χ2n) is 5.01. The van der Waals surface area contributed by atoms with Crippen LogP contribution in [-0.4, -0.2) is 34.0 Å². The Balaban J connectivity index is 1.74. The lowest BCUT2D eigenvalue weighted by Gasteiger charge is -2.16. The molecule has 100 valence electrons. The molecule has 1 saturated carbocycles. The van der Waals surface area contributed by atoms with Crippen LogP contribution in [0.2, 0.25) is 0 Å². The van der Waals surface area contributed by atoms with E-state index in [0.717, 1.165) is 5.56 Å². The Kier molecular flexibility index (Phi) is 2.67. The van der Waals surface area contributed by atoms with Crippen molar-refractivity contribution in [2.45, 2.75) is 19.0 Å². The van der Waals surface area contributed by atoms with E-state index in [1.165, 1.54) is 0 Å². The molecule has 0 aliphatic heterocycles. The standard InChI is InChI=1S/C13H14N2O4/c1-15(10-5-8(10)12(16)17)6-7-2-3-9-11(4-7)19-13(18)14-9/h2-4,8,10H,5-6H2,1H3,(H,14,18)(H,16,17). The molecule has 0 radical (unpaired) electrons. The average molecular weight is 262 g/mol. The maximum absolute atomic E-state index is 11.1. The van der Waals surface area contributed by atoms with E-state index in [2.05, 4.69) is 4.98 Å². The molecule has 6 heteroatoms. The monoisotopic (exact) mass is 262 g/mol. The molecule has 2 aromatic rings. The number of oxazole rings is 1. The van der Waals surface area contributed by atoms with E-state index in [-0.39, 0.29) is 12.0 Å². The third-order valence-corrected chi connectivity index (χ3v) is 3.56. The van der Waals surface area contributed by atoms with Gasteiger partial charge in [0.05, 0.1) is 11.4 Å². The third kappa shape index (κ3) is 2.26. The fourth-order valence-electron chi connectivity index (χ4n) is 2.43. The molecule has 0 bridgehead atoms. The molecule has 1 heterocycles. The Hall–Kier alpha value is -2.08. The van der Waals surface area contributed by atoms with Crippen LogP contribution >= 0.6 is 0 Å². The van der Waals surface area contributed by atoms with Crippen molar-refractivity contribution in [3.8, 4) is 0 Å². The number of carboxylic acid groups (broad SMARTS) is 1. The highest BCUT2D eigenvalue weighted by atomic mass is 16.4. The molecule has 0 amide bonds. The predicted octanol–water partition coefficient (Wildman–Crippen LogP) is 1.03. The lowest BCUT2D eigenvalue weighted by Crippen LogP contribution is -2.23. The number of carboxylic acids is 1. The van der Waals surface area contributed by atoms with Gasteiger partial charge in [-0.25, -0.2) is 4.79 Å². The second-order valence-corrected chi connectivity index (χ2v) is 5.01. The highest BCUT2D eigenvalue weighted by Crippen LogP contribution is 2.35. The van der Waals surface area contributed by atoms with Crippen LogP contribution in [0.5, 0.6) is 0 Å². The number of carbonyl (C=O) groups is 1. The number of aromatic nitrogens is 1. The van der Waals surface area contributed by atoms with Crippen molar-refractivity contribution in [3.05, 3.63) is 34.3 Å². The van der Waals surface area contributed by atoms with Crippen LogP contribution in [0, 0.1) is 5.92 Å². The molecule has 0 spiro atoms. The molecule has 1 aromatic heterocycles. The van der Waals surface area contributed by atoms with Gasteiger partial charge in [0.25, 0.3) is 0 Å². The fourth-order valence-corrected chi connectivity index (χ4v) is 2.43. The molecule has 2 N–H and O–H groups in total. The molecule has 1 aliphatic carbocycles. The van der Waals surface area contributed by atoms with Crippen LogP contribution in [0.1, 0.15) is 12.0 Å². The van der Waals surface area contributed by atoms with Crippen LogP contribution in [0.25, 0.3) is 11.1 Å². The minimum atomic E-state index is -0.732. The van der Waals surface area contributed by atoms with E-state index in [4.69, 9.17) is 9.52 Å². The average Bonchev–Trinajstić information content (AvgIpc) is 3.06. The van der Waals surface area contributed by atoms with Crippen molar-refractivity contribution in [2.24, 2.45) is 5.92 Å². The topological polar surface area (TPSA) is 86.5 Å². The smallest absolute Gasteiger partial charge is 0.417 e. The van der Waals surface area contributed by atoms with Crippen LogP contribution in [0.4, 0.5) is 0 Å². The molecule has 1 aliphatic rings. The van der Waals surface area contributed by atoms with Gasteiger partial charge in [0.15, 0.2) is 5.58 Å². The predicted molar refractivity (Wildman–Crippen MR) is 67.8 cm³/mol. The Morgan fingerprint density at radius 1 is 1.58 bits per heavy atom. The van der Waals surface area contributed by atoms with Crippen molar-refractivity contribution in [1.82, 2.24) is 9.88 Å². The lowest BCUT2D eigenvalue weighted by molar-refractivity contribution is -0.138. The van der Waals surface area contributed by atoms with Crippen LogP contribution in [-0.2, 0) is 11.3 Å². The number of nitrogens with one attached hydrogen (secondary N) is 1. The minimum Gasteiger partial charge on any atom is -0.481 e. The van der Waals surface area contributed by atoms with Gasteiger partial charge in [-0.3, -0.25) is 14.7 Å². The molecule has 6 nitrogen and oxygen atoms in total. The first-order valence-corrected chi connectivity index (χ1v) is 6.09. The number of hydrogen-bond donors (Lipinski definition) is 2. The number of aromatic amines is 1. The van der Waals surface area contributed by atoms with Crippen molar-refractivity contribution in [3.63, 3.8) is 0 Å². The first kappa shape index (κ1) is 12.0. The fraction of sp³-hybridized carbons (Fsp3) is 0.385. The number of H-pyrrole nitrogens is 1. The summed E-state index contributed by atoms with van der Waals surface area (Å²) in [6.45, 7) is 0.638. The number of hydrogen-bond acceptors (Lipinski definition) is 4. The summed E-state index contributed by atoms with van der Waals surface area (Å²) < 4.78 is 5.00. The number of benzene rings is 1. The SMILES string of the molecule is CN(Cc1ccc2[nH]c(=O)oc2c1)C1CC1C(=O)O. The molecule has 2 atom stereocenters. The minimum absolute atomic E-state index is 0.103. The Morgan fingerprint density at radius 3 is 3.05 bits per heavy atom. The number of nitrogens with zero attached hydrogens (tertiary/aromatic N) is 1. The summed E-state index contributed by atoms with van der Waals surface area (Å²) in [5.74, 6) is -1.45. The van der Waals surface area contributed by atoms with Crippen LogP contribution in [0.15, 0.2) is 27.4 Å². The molecular formula is C13H14N2O4. The van der Waals surface area contributed by atoms with Gasteiger partial charge >= 0.3 is 11.7 Å². The first-order chi connectivity index (χ1) is 9.04. The lowest BCUT2D eigenvalue weighted by atomic mass is 10.2. The van der Waals surface area contributed by atoms with Gasteiger partial charge in [-0.1, -0.05) is 6.07 Å². The highest BCUT2D eigenvalue weighted by molar-refractivity contribution is 5.74. The molecule has 19 heavy (non-hydrogen) atoms. The summed E-state index contributed by atoms with van der Waals surface area (Å²) in [6.07, 6.45) is 0.702. The highest BCUT2D eigenvalue weighted by Gasteiger charge is 2.45. The van der Waals surface area contributed by atoms with Gasteiger partial charge in [-0.2, -0.15) is 0 Å². The Morgan fingerprint density at radius 2 is 2.37 bits per heavy atom. The molecule has 0 saturated heterocycles. The second kappa shape index (κ2) is 4.24. The van der Waals surface area contributed by atoms with Crippen molar-refractivity contribution >= 4 is 17.1 Å². The summed E-state index contributed by atoms with van der Waals surface area (Å²) in [5, 5.41) is 8.90. The maximum Gasteiger partial charge on any atom is 0.417 e. The van der Waals surface area contributed by atoms with E-state index in [1.807, 2.05) is 24.1 Å². The zero-order valence-corrected chi connectivity index (χ0v) is 10.4. The van der Waals surface area contributed by atoms with Gasteiger partial charge < -0.3 is 9.52 Å². The van der Waals surface area contributed by atoms with Crippen molar-refractivity contribution < 1.29 is 14.3 Å². The number of fused-ring (bicyclic) bond motifs is 1. The zero-order valence-electron chi connectivity index (χ0n) is 10.4. The van der Waals surface area contributed by atoms with Gasteiger partial charge in [0.1, 0.15) is 0 Å². The summed E-state index contributed by atoms with van der Waals surface area (Å²) >= 11 is 0. The molecule has 2 unspecified atom stereocenters. The quantitative estimate of drug-likeness (QED) is 0.859. The maximum atomic E-state index is 11.1. The van der Waals surface area contributed by atoms with Gasteiger partial charge in [0.2, 0.25) is 0 Å². The largest absolute Gasteiger partial charge is 0.481 e. The van der Waals surface area contributed by atoms with E-state index < -0.39 is 11.7 Å². The van der Waals surface area contributed by atoms with E-state index in [0.29, 0.717) is 24.1 Å². The summed E-state index contributed by atoms with van der Waals surface area (Å²) in [6, 6.07) is 5.61. The van der Waals surface area contributed by atoms with Crippen molar-refractivity contribution in [2.75, 3.05) is 7.05 Å². The number of aliphatic carboxylic acids is 1. The summed E-state index contributed by atoms with van der Waals surface area (Å²) in [4.78, 5) is 26.5.